The lowest BCUT2D eigenvalue weighted by molar-refractivity contribution is -0.707. The molecule has 3 nitrogen and oxygen atoms in total. The van der Waals surface area contributed by atoms with Crippen LogP contribution in [-0.4, -0.2) is 0 Å². The van der Waals surface area contributed by atoms with E-state index in [2.05, 4.69) is 0 Å². The Morgan fingerprint density at radius 3 is 2.65 bits per heavy atom. The van der Waals surface area contributed by atoms with Gasteiger partial charge in [0.1, 0.15) is 24.0 Å². The summed E-state index contributed by atoms with van der Waals surface area (Å²) < 4.78 is 19.1. The third kappa shape index (κ3) is 3.93. The lowest BCUT2D eigenvalue weighted by Gasteiger charge is -2.14. The molecule has 1 heterocycles. The van der Waals surface area contributed by atoms with Crippen LogP contribution in [0, 0.1) is 5.82 Å². The van der Waals surface area contributed by atoms with Crippen LogP contribution in [0.15, 0.2) is 45.6 Å². The maximum Gasteiger partial charge on any atom is 0.336 e. The molecule has 3 aromatic rings. The van der Waals surface area contributed by atoms with Gasteiger partial charge in [0.05, 0.1) is 10.0 Å². The van der Waals surface area contributed by atoms with Gasteiger partial charge < -0.3 is 9.73 Å². The molecule has 0 saturated heterocycles. The highest BCUT2D eigenvalue weighted by Gasteiger charge is 2.17. The standard InChI is InChI=1S/C20H18Cl2FNO2/c1-3-12-4-5-14-13(7-20(25)26-19(14)6-12)10-24-11(2)15-8-18(23)17(22)9-16(15)21/h4-9,11,24H,3,10H2,1-2H3/p+1/t11-/m0/s1. The molecule has 26 heavy (non-hydrogen) atoms. The van der Waals surface area contributed by atoms with Crippen LogP contribution in [0.3, 0.4) is 0 Å². The quantitative estimate of drug-likeness (QED) is 0.506. The Kier molecular flexibility index (Phi) is 5.66. The molecule has 0 saturated carbocycles. The first-order valence-electron chi connectivity index (χ1n) is 8.42. The molecule has 0 fully saturated rings. The van der Waals surface area contributed by atoms with Gasteiger partial charge in [0.2, 0.25) is 0 Å². The zero-order chi connectivity index (χ0) is 18.8. The molecular weight excluding hydrogens is 376 g/mol. The molecule has 0 bridgehead atoms. The van der Waals surface area contributed by atoms with Gasteiger partial charge in [-0.2, -0.15) is 0 Å². The van der Waals surface area contributed by atoms with E-state index in [-0.39, 0.29) is 16.7 Å². The van der Waals surface area contributed by atoms with Crippen molar-refractivity contribution in [2.45, 2.75) is 32.9 Å². The van der Waals surface area contributed by atoms with Crippen molar-refractivity contribution in [3.05, 3.63) is 79.4 Å². The van der Waals surface area contributed by atoms with E-state index in [0.717, 1.165) is 22.9 Å². The minimum absolute atomic E-state index is 0.00402. The van der Waals surface area contributed by atoms with Crippen molar-refractivity contribution >= 4 is 34.2 Å². The van der Waals surface area contributed by atoms with Gasteiger partial charge in [-0.3, -0.25) is 0 Å². The Labute approximate surface area is 160 Å². The van der Waals surface area contributed by atoms with E-state index in [0.29, 0.717) is 22.7 Å². The summed E-state index contributed by atoms with van der Waals surface area (Å²) in [5.74, 6) is -0.496. The van der Waals surface area contributed by atoms with E-state index >= 15 is 0 Å². The third-order valence-corrected chi connectivity index (χ3v) is 5.14. The van der Waals surface area contributed by atoms with Crippen LogP contribution in [-0.2, 0) is 13.0 Å². The van der Waals surface area contributed by atoms with Gasteiger partial charge in [-0.1, -0.05) is 42.3 Å². The lowest BCUT2D eigenvalue weighted by Crippen LogP contribution is -2.83. The fraction of sp³-hybridized carbons (Fsp3) is 0.250. The highest BCUT2D eigenvalue weighted by atomic mass is 35.5. The third-order valence-electron chi connectivity index (χ3n) is 4.52. The highest BCUT2D eigenvalue weighted by molar-refractivity contribution is 6.35. The number of halogens is 3. The summed E-state index contributed by atoms with van der Waals surface area (Å²) in [5.41, 5.74) is 2.85. The van der Waals surface area contributed by atoms with Gasteiger partial charge in [0, 0.05) is 22.6 Å². The normalized spacial score (nSPS) is 12.5. The van der Waals surface area contributed by atoms with Gasteiger partial charge in [-0.25, -0.2) is 9.18 Å². The molecule has 0 spiro atoms. The van der Waals surface area contributed by atoms with Crippen molar-refractivity contribution in [3.8, 4) is 0 Å². The Hall–Kier alpha value is -1.88. The first kappa shape index (κ1) is 18.9. The van der Waals surface area contributed by atoms with Crippen molar-refractivity contribution in [1.82, 2.24) is 0 Å². The second-order valence-electron chi connectivity index (χ2n) is 6.29. The van der Waals surface area contributed by atoms with Crippen LogP contribution < -0.4 is 10.9 Å². The predicted octanol–water partition coefficient (Wildman–Crippen LogP) is 4.63. The Morgan fingerprint density at radius 1 is 1.15 bits per heavy atom. The van der Waals surface area contributed by atoms with Crippen LogP contribution in [0.2, 0.25) is 10.0 Å². The summed E-state index contributed by atoms with van der Waals surface area (Å²) >= 11 is 12.0. The molecule has 3 rings (SSSR count). The fourth-order valence-corrected chi connectivity index (χ4v) is 3.54. The number of benzene rings is 2. The smallest absolute Gasteiger partial charge is 0.336 e. The summed E-state index contributed by atoms with van der Waals surface area (Å²) in [7, 11) is 0. The average molecular weight is 395 g/mol. The maximum absolute atomic E-state index is 13.8. The molecular formula is C20H19Cl2FNO2+. The molecule has 136 valence electrons. The Balaban J connectivity index is 1.88. The highest BCUT2D eigenvalue weighted by Crippen LogP contribution is 2.27. The zero-order valence-corrected chi connectivity index (χ0v) is 16.0. The number of nitrogens with two attached hydrogens (primary N) is 1. The summed E-state index contributed by atoms with van der Waals surface area (Å²) in [5, 5.41) is 3.32. The topological polar surface area (TPSA) is 46.8 Å². The van der Waals surface area contributed by atoms with E-state index in [1.807, 2.05) is 37.4 Å². The monoisotopic (exact) mass is 394 g/mol. The summed E-state index contributed by atoms with van der Waals surface area (Å²) in [4.78, 5) is 11.9. The van der Waals surface area contributed by atoms with Crippen molar-refractivity contribution < 1.29 is 14.1 Å². The molecule has 6 heteroatoms. The van der Waals surface area contributed by atoms with Crippen LogP contribution in [0.1, 0.15) is 36.6 Å². The molecule has 0 aliphatic heterocycles. The molecule has 0 aliphatic rings. The number of hydrogen-bond acceptors (Lipinski definition) is 2. The van der Waals surface area contributed by atoms with Crippen LogP contribution >= 0.6 is 23.2 Å². The van der Waals surface area contributed by atoms with Crippen LogP contribution in [0.25, 0.3) is 11.0 Å². The van der Waals surface area contributed by atoms with Gasteiger partial charge in [0.15, 0.2) is 0 Å². The van der Waals surface area contributed by atoms with Gasteiger partial charge in [-0.15, -0.1) is 0 Å². The van der Waals surface area contributed by atoms with Crippen molar-refractivity contribution in [2.24, 2.45) is 0 Å². The first-order chi connectivity index (χ1) is 12.4. The number of hydrogen-bond donors (Lipinski definition) is 1. The van der Waals surface area contributed by atoms with Crippen LogP contribution in [0.5, 0.6) is 0 Å². The van der Waals surface area contributed by atoms with Crippen molar-refractivity contribution in [1.29, 1.82) is 0 Å². The fourth-order valence-electron chi connectivity index (χ4n) is 2.98. The van der Waals surface area contributed by atoms with Gasteiger partial charge >= 0.3 is 5.63 Å². The Bertz CT molecular complexity index is 1020. The number of fused-ring (bicyclic) bond motifs is 1. The average Bonchev–Trinajstić information content (AvgIpc) is 2.61. The minimum Gasteiger partial charge on any atom is -0.423 e. The molecule has 0 radical (unpaired) electrons. The molecule has 1 atom stereocenters. The van der Waals surface area contributed by atoms with Crippen LogP contribution in [0.4, 0.5) is 4.39 Å². The van der Waals surface area contributed by atoms with Crippen molar-refractivity contribution in [2.75, 3.05) is 0 Å². The molecule has 0 aliphatic carbocycles. The first-order valence-corrected chi connectivity index (χ1v) is 9.18. The second-order valence-corrected chi connectivity index (χ2v) is 7.11. The lowest BCUT2D eigenvalue weighted by atomic mass is 10.0. The zero-order valence-electron chi connectivity index (χ0n) is 14.5. The molecule has 0 amide bonds. The minimum atomic E-state index is -0.496. The molecule has 2 N–H and O–H groups in total. The van der Waals surface area contributed by atoms with E-state index in [9.17, 15) is 9.18 Å². The summed E-state index contributed by atoms with van der Waals surface area (Å²) in [6.07, 6.45) is 0.869. The number of quaternary nitrogens is 1. The largest absolute Gasteiger partial charge is 0.423 e. The van der Waals surface area contributed by atoms with E-state index < -0.39 is 5.82 Å². The summed E-state index contributed by atoms with van der Waals surface area (Å²) in [6.45, 7) is 4.51. The molecule has 1 aromatic heterocycles. The van der Waals surface area contributed by atoms with E-state index in [1.165, 1.54) is 18.2 Å². The predicted molar refractivity (Wildman–Crippen MR) is 102 cm³/mol. The van der Waals surface area contributed by atoms with E-state index in [1.54, 1.807) is 0 Å². The second kappa shape index (κ2) is 7.78. The number of aryl methyl sites for hydroxylation is 1. The Morgan fingerprint density at radius 2 is 1.92 bits per heavy atom. The molecule has 2 aromatic carbocycles. The van der Waals surface area contributed by atoms with Gasteiger partial charge in [0.25, 0.3) is 0 Å². The maximum atomic E-state index is 13.8. The number of rotatable bonds is 5. The molecule has 0 unspecified atom stereocenters. The van der Waals surface area contributed by atoms with Gasteiger partial charge in [-0.05, 0) is 37.1 Å². The van der Waals surface area contributed by atoms with Crippen molar-refractivity contribution in [3.63, 3.8) is 0 Å². The summed E-state index contributed by atoms with van der Waals surface area (Å²) in [6, 6.07) is 10.1. The van der Waals surface area contributed by atoms with E-state index in [4.69, 9.17) is 27.6 Å². The SMILES string of the molecule is CCc1ccc2c(C[NH2+][C@@H](C)c3cc(F)c(Cl)cc3Cl)cc(=O)oc2c1.